The van der Waals surface area contributed by atoms with Gasteiger partial charge in [-0.05, 0) is 32.1 Å². The summed E-state index contributed by atoms with van der Waals surface area (Å²) in [5.74, 6) is 0. The Morgan fingerprint density at radius 1 is 0.636 bits per heavy atom. The molecule has 5 nitrogen and oxygen atoms in total. The van der Waals surface area contributed by atoms with Crippen LogP contribution in [0.5, 0.6) is 0 Å². The summed E-state index contributed by atoms with van der Waals surface area (Å²) in [7, 11) is 1.85. The van der Waals surface area contributed by atoms with Gasteiger partial charge in [-0.1, -0.05) is 103 Å². The quantitative estimate of drug-likeness (QED) is 0.0568. The number of allylic oxidation sites excluding steroid dienone is 2. The topological polar surface area (TPSA) is 58.6 Å². The Morgan fingerprint density at radius 2 is 1.03 bits per heavy atom. The minimum Gasteiger partial charge on any atom is -0.756 e. The van der Waals surface area contributed by atoms with Crippen molar-refractivity contribution in [3.8, 4) is 0 Å². The molecular formula is C27H56NO4P. The van der Waals surface area contributed by atoms with Gasteiger partial charge >= 0.3 is 0 Å². The molecule has 0 rings (SSSR count). The van der Waals surface area contributed by atoms with E-state index in [1.165, 1.54) is 96.3 Å². The molecule has 33 heavy (non-hydrogen) atoms. The summed E-state index contributed by atoms with van der Waals surface area (Å²) in [6, 6.07) is 0. The smallest absolute Gasteiger partial charge is 0.268 e. The zero-order valence-corrected chi connectivity index (χ0v) is 23.4. The molecule has 198 valence electrons. The summed E-state index contributed by atoms with van der Waals surface area (Å²) in [5, 5.41) is 0. The molecule has 0 radical (unpaired) electrons. The van der Waals surface area contributed by atoms with E-state index in [1.54, 1.807) is 0 Å². The van der Waals surface area contributed by atoms with Crippen molar-refractivity contribution < 1.29 is 23.0 Å². The van der Waals surface area contributed by atoms with Gasteiger partial charge in [0.15, 0.2) is 0 Å². The standard InChI is InChI=1S/C27H56NO4P/c1-5-6-7-8-9-10-11-12-13-14-15-16-17-18-19-20-21-22-23-24-26-31-33(29,30)32-27-25-28(2,3)4/h12-13H,5-11,14-27H2,1-4H3/b13-12-. The molecule has 0 aliphatic carbocycles. The molecule has 0 aliphatic heterocycles. The molecule has 1 unspecified atom stereocenters. The fourth-order valence-corrected chi connectivity index (χ4v) is 4.43. The van der Waals surface area contributed by atoms with E-state index >= 15 is 0 Å². The van der Waals surface area contributed by atoms with Crippen molar-refractivity contribution >= 4 is 7.82 Å². The molecule has 0 aliphatic rings. The molecule has 0 bridgehead atoms. The highest BCUT2D eigenvalue weighted by Crippen LogP contribution is 2.38. The van der Waals surface area contributed by atoms with Crippen molar-refractivity contribution in [2.75, 3.05) is 40.9 Å². The second kappa shape index (κ2) is 22.3. The third-order valence-electron chi connectivity index (χ3n) is 5.92. The van der Waals surface area contributed by atoms with Gasteiger partial charge in [-0.3, -0.25) is 4.57 Å². The molecule has 0 saturated carbocycles. The van der Waals surface area contributed by atoms with E-state index in [4.69, 9.17) is 9.05 Å². The monoisotopic (exact) mass is 489 g/mol. The number of quaternary nitrogens is 1. The maximum atomic E-state index is 11.7. The normalized spacial score (nSPS) is 14.2. The largest absolute Gasteiger partial charge is 0.756 e. The maximum absolute atomic E-state index is 11.7. The van der Waals surface area contributed by atoms with Crippen molar-refractivity contribution in [2.24, 2.45) is 0 Å². The lowest BCUT2D eigenvalue weighted by molar-refractivity contribution is -0.870. The van der Waals surface area contributed by atoms with Gasteiger partial charge in [0.1, 0.15) is 13.2 Å². The van der Waals surface area contributed by atoms with E-state index in [2.05, 4.69) is 19.1 Å². The van der Waals surface area contributed by atoms with Crippen LogP contribution in [0.2, 0.25) is 0 Å². The lowest BCUT2D eigenvalue weighted by Crippen LogP contribution is -2.37. The third kappa shape index (κ3) is 27.9. The molecule has 0 saturated heterocycles. The van der Waals surface area contributed by atoms with Gasteiger partial charge in [0.2, 0.25) is 0 Å². The number of rotatable bonds is 25. The molecular weight excluding hydrogens is 433 g/mol. The number of phosphoric acid groups is 1. The van der Waals surface area contributed by atoms with Crippen LogP contribution in [0.4, 0.5) is 0 Å². The Kier molecular flexibility index (Phi) is 22.2. The summed E-state index contributed by atoms with van der Waals surface area (Å²) < 4.78 is 22.2. The lowest BCUT2D eigenvalue weighted by Gasteiger charge is -2.27. The lowest BCUT2D eigenvalue weighted by atomic mass is 10.1. The summed E-state index contributed by atoms with van der Waals surface area (Å²) in [6.45, 7) is 3.30. The van der Waals surface area contributed by atoms with Crippen LogP contribution in [0.3, 0.4) is 0 Å². The highest BCUT2D eigenvalue weighted by atomic mass is 31.2. The Hall–Kier alpha value is -0.190. The van der Waals surface area contributed by atoms with E-state index in [9.17, 15) is 9.46 Å². The fourth-order valence-electron chi connectivity index (χ4n) is 3.70. The molecule has 0 spiro atoms. The zero-order chi connectivity index (χ0) is 24.7. The molecule has 0 heterocycles. The van der Waals surface area contributed by atoms with Gasteiger partial charge in [0.05, 0.1) is 27.7 Å². The Morgan fingerprint density at radius 3 is 1.48 bits per heavy atom. The highest BCUT2D eigenvalue weighted by Gasteiger charge is 2.12. The van der Waals surface area contributed by atoms with E-state index < -0.39 is 7.82 Å². The molecule has 0 aromatic carbocycles. The van der Waals surface area contributed by atoms with Gasteiger partial charge in [-0.2, -0.15) is 0 Å². The molecule has 1 atom stereocenters. The Labute approximate surface area is 206 Å². The van der Waals surface area contributed by atoms with Crippen LogP contribution in [0, 0.1) is 0 Å². The molecule has 0 fully saturated rings. The van der Waals surface area contributed by atoms with Gasteiger partial charge < -0.3 is 18.4 Å². The van der Waals surface area contributed by atoms with E-state index in [0.717, 1.165) is 19.3 Å². The van der Waals surface area contributed by atoms with Crippen molar-refractivity contribution in [3.63, 3.8) is 0 Å². The highest BCUT2D eigenvalue weighted by molar-refractivity contribution is 7.45. The first-order chi connectivity index (χ1) is 15.8. The van der Waals surface area contributed by atoms with Crippen molar-refractivity contribution in [3.05, 3.63) is 12.2 Å². The molecule has 0 N–H and O–H groups in total. The van der Waals surface area contributed by atoms with Gasteiger partial charge in [0.25, 0.3) is 7.82 Å². The number of hydrogen-bond acceptors (Lipinski definition) is 4. The third-order valence-corrected chi connectivity index (χ3v) is 6.91. The van der Waals surface area contributed by atoms with E-state index in [1.807, 2.05) is 21.1 Å². The van der Waals surface area contributed by atoms with E-state index in [-0.39, 0.29) is 13.2 Å². The number of phosphoric ester groups is 1. The van der Waals surface area contributed by atoms with Crippen molar-refractivity contribution in [2.45, 2.75) is 122 Å². The second-order valence-electron chi connectivity index (χ2n) is 10.5. The number of hydrogen-bond donors (Lipinski definition) is 0. The summed E-state index contributed by atoms with van der Waals surface area (Å²) >= 11 is 0. The summed E-state index contributed by atoms with van der Waals surface area (Å²) in [4.78, 5) is 11.7. The SMILES string of the molecule is CCCCCCCC/C=C\CCCCCCCCCCCCOP(=O)([O-])OCC[N+](C)(C)C. The van der Waals surface area contributed by atoms with Crippen LogP contribution >= 0.6 is 7.82 Å². The molecule has 0 amide bonds. The Balaban J connectivity index is 3.29. The predicted molar refractivity (Wildman–Crippen MR) is 140 cm³/mol. The number of unbranched alkanes of at least 4 members (excludes halogenated alkanes) is 16. The van der Waals surface area contributed by atoms with Crippen LogP contribution in [-0.4, -0.2) is 45.4 Å². The first kappa shape index (κ1) is 32.8. The first-order valence-corrected chi connectivity index (χ1v) is 15.3. The predicted octanol–water partition coefficient (Wildman–Crippen LogP) is 7.79. The van der Waals surface area contributed by atoms with Crippen molar-refractivity contribution in [1.82, 2.24) is 0 Å². The minimum atomic E-state index is -4.14. The van der Waals surface area contributed by atoms with Crippen LogP contribution in [0.15, 0.2) is 12.2 Å². The average molecular weight is 490 g/mol. The first-order valence-electron chi connectivity index (χ1n) is 13.8. The van der Waals surface area contributed by atoms with Crippen LogP contribution in [0.1, 0.15) is 122 Å². The van der Waals surface area contributed by atoms with Gasteiger partial charge in [0, 0.05) is 0 Å². The number of nitrogens with zero attached hydrogens (tertiary/aromatic N) is 1. The second-order valence-corrected chi connectivity index (χ2v) is 11.9. The Bertz CT molecular complexity index is 491. The van der Waals surface area contributed by atoms with E-state index in [0.29, 0.717) is 11.0 Å². The summed E-state index contributed by atoms with van der Waals surface area (Å²) in [6.07, 6.45) is 27.7. The average Bonchev–Trinajstić information content (AvgIpc) is 2.73. The van der Waals surface area contributed by atoms with Gasteiger partial charge in [-0.25, -0.2) is 0 Å². The number of likely N-dealkylation sites (N-methyl/N-ethyl adjacent to an activating group) is 1. The zero-order valence-electron chi connectivity index (χ0n) is 22.5. The molecule has 6 heteroatoms. The maximum Gasteiger partial charge on any atom is 0.268 e. The van der Waals surface area contributed by atoms with Crippen LogP contribution in [-0.2, 0) is 13.6 Å². The summed E-state index contributed by atoms with van der Waals surface area (Å²) in [5.41, 5.74) is 0. The molecule has 0 aromatic rings. The van der Waals surface area contributed by atoms with Gasteiger partial charge in [-0.15, -0.1) is 0 Å². The van der Waals surface area contributed by atoms with Crippen molar-refractivity contribution in [1.29, 1.82) is 0 Å². The van der Waals surface area contributed by atoms with Crippen LogP contribution < -0.4 is 4.89 Å². The van der Waals surface area contributed by atoms with Crippen LogP contribution in [0.25, 0.3) is 0 Å². The molecule has 0 aromatic heterocycles. The fraction of sp³-hybridized carbons (Fsp3) is 0.926. The minimum absolute atomic E-state index is 0.167.